The molecule has 0 saturated carbocycles. The minimum atomic E-state index is -3.51. The van der Waals surface area contributed by atoms with Crippen LogP contribution in [0.5, 0.6) is 0 Å². The maximum atomic E-state index is 14.3. The minimum absolute atomic E-state index is 0.238. The van der Waals surface area contributed by atoms with Gasteiger partial charge in [0, 0.05) is 5.56 Å². The van der Waals surface area contributed by atoms with Crippen molar-refractivity contribution in [1.29, 1.82) is 0 Å². The van der Waals surface area contributed by atoms with Gasteiger partial charge in [0.1, 0.15) is 12.4 Å². The van der Waals surface area contributed by atoms with Gasteiger partial charge in [0.05, 0.1) is 18.8 Å². The second-order valence-corrected chi connectivity index (χ2v) is 7.42. The summed E-state index contributed by atoms with van der Waals surface area (Å²) in [6.45, 7) is 4.52. The van der Waals surface area contributed by atoms with E-state index in [-0.39, 0.29) is 13.2 Å². The predicted octanol–water partition coefficient (Wildman–Crippen LogP) is 3.85. The SMILES string of the molecule is CCOP(=O)(OCC)[C@@H]([NH2+]Cc1ccccc1)c1ccccc1F. The Hall–Kier alpha value is -1.52. The maximum Gasteiger partial charge on any atom is 0.392 e. The molecule has 0 unspecified atom stereocenters. The number of hydrogen-bond donors (Lipinski definition) is 1. The van der Waals surface area contributed by atoms with Gasteiger partial charge in [0.15, 0.2) is 0 Å². The Morgan fingerprint density at radius 3 is 2.17 bits per heavy atom. The zero-order chi connectivity index (χ0) is 17.4. The normalized spacial score (nSPS) is 13.0. The Bertz CT molecular complexity index is 671. The molecule has 2 aromatic carbocycles. The summed E-state index contributed by atoms with van der Waals surface area (Å²) in [5.41, 5.74) is 1.39. The summed E-state index contributed by atoms with van der Waals surface area (Å²) >= 11 is 0. The third-order valence-electron chi connectivity index (χ3n) is 3.60. The fourth-order valence-corrected chi connectivity index (χ4v) is 4.59. The summed E-state index contributed by atoms with van der Waals surface area (Å²) in [4.78, 5) is 0. The molecular weight excluding hydrogens is 328 g/mol. The van der Waals surface area contributed by atoms with Crippen molar-refractivity contribution in [3.8, 4) is 0 Å². The van der Waals surface area contributed by atoms with Crippen LogP contribution in [0.25, 0.3) is 0 Å². The Morgan fingerprint density at radius 1 is 1.00 bits per heavy atom. The molecule has 0 fully saturated rings. The molecule has 0 aliphatic rings. The van der Waals surface area contributed by atoms with Gasteiger partial charge in [-0.25, -0.2) is 4.39 Å². The molecule has 2 rings (SSSR count). The summed E-state index contributed by atoms with van der Waals surface area (Å²) in [5, 5.41) is 1.82. The molecule has 0 aliphatic carbocycles. The first kappa shape index (κ1) is 18.8. The lowest BCUT2D eigenvalue weighted by molar-refractivity contribution is -0.693. The molecule has 130 valence electrons. The van der Waals surface area contributed by atoms with Crippen LogP contribution in [0.15, 0.2) is 54.6 Å². The Morgan fingerprint density at radius 2 is 1.58 bits per heavy atom. The van der Waals surface area contributed by atoms with Gasteiger partial charge in [-0.15, -0.1) is 0 Å². The fourth-order valence-electron chi connectivity index (χ4n) is 2.56. The van der Waals surface area contributed by atoms with Gasteiger partial charge < -0.3 is 14.4 Å². The van der Waals surface area contributed by atoms with Crippen molar-refractivity contribution in [1.82, 2.24) is 0 Å². The maximum absolute atomic E-state index is 14.3. The average Bonchev–Trinajstić information content (AvgIpc) is 2.58. The van der Waals surface area contributed by atoms with Crippen LogP contribution in [-0.2, 0) is 20.2 Å². The van der Waals surface area contributed by atoms with E-state index in [1.165, 1.54) is 6.07 Å². The van der Waals surface area contributed by atoms with E-state index >= 15 is 0 Å². The highest BCUT2D eigenvalue weighted by atomic mass is 31.2. The minimum Gasteiger partial charge on any atom is -0.326 e. The van der Waals surface area contributed by atoms with Crippen molar-refractivity contribution in [3.05, 3.63) is 71.5 Å². The number of rotatable bonds is 9. The molecule has 24 heavy (non-hydrogen) atoms. The molecular formula is C18H24FNO3P+. The molecule has 0 radical (unpaired) electrons. The smallest absolute Gasteiger partial charge is 0.326 e. The van der Waals surface area contributed by atoms with Crippen molar-refractivity contribution in [2.24, 2.45) is 0 Å². The second kappa shape index (κ2) is 9.09. The van der Waals surface area contributed by atoms with E-state index in [1.54, 1.807) is 32.0 Å². The molecule has 0 aromatic heterocycles. The van der Waals surface area contributed by atoms with Gasteiger partial charge >= 0.3 is 7.60 Å². The molecule has 0 saturated heterocycles. The molecule has 1 atom stereocenters. The molecule has 0 aliphatic heterocycles. The van der Waals surface area contributed by atoms with E-state index in [2.05, 4.69) is 0 Å². The number of nitrogens with two attached hydrogens (primary N) is 1. The highest BCUT2D eigenvalue weighted by molar-refractivity contribution is 7.53. The van der Waals surface area contributed by atoms with E-state index in [1.807, 2.05) is 35.6 Å². The summed E-state index contributed by atoms with van der Waals surface area (Å²) in [5.74, 6) is -1.16. The van der Waals surface area contributed by atoms with Gasteiger partial charge in [-0.3, -0.25) is 4.57 Å². The average molecular weight is 352 g/mol. The second-order valence-electron chi connectivity index (χ2n) is 5.27. The van der Waals surface area contributed by atoms with Gasteiger partial charge in [0.2, 0.25) is 5.78 Å². The van der Waals surface area contributed by atoms with Crippen LogP contribution in [0.2, 0.25) is 0 Å². The van der Waals surface area contributed by atoms with Crippen LogP contribution in [0.4, 0.5) is 4.39 Å². The van der Waals surface area contributed by atoms with Crippen LogP contribution in [-0.4, -0.2) is 13.2 Å². The summed E-state index contributed by atoms with van der Waals surface area (Å²) in [6, 6.07) is 16.1. The van der Waals surface area contributed by atoms with Gasteiger partial charge in [0.25, 0.3) is 0 Å². The van der Waals surface area contributed by atoms with Crippen LogP contribution < -0.4 is 5.32 Å². The highest BCUT2D eigenvalue weighted by Gasteiger charge is 2.41. The van der Waals surface area contributed by atoms with Crippen molar-refractivity contribution in [3.63, 3.8) is 0 Å². The van der Waals surface area contributed by atoms with Crippen LogP contribution in [0.1, 0.15) is 30.8 Å². The van der Waals surface area contributed by atoms with E-state index in [0.717, 1.165) is 5.56 Å². The monoisotopic (exact) mass is 352 g/mol. The molecule has 0 amide bonds. The molecule has 0 heterocycles. The van der Waals surface area contributed by atoms with Crippen molar-refractivity contribution >= 4 is 7.60 Å². The van der Waals surface area contributed by atoms with E-state index in [9.17, 15) is 8.96 Å². The van der Waals surface area contributed by atoms with Gasteiger partial charge in [-0.05, 0) is 26.0 Å². The summed E-state index contributed by atoms with van der Waals surface area (Å²) < 4.78 is 38.5. The lowest BCUT2D eigenvalue weighted by Crippen LogP contribution is -2.83. The zero-order valence-corrected chi connectivity index (χ0v) is 14.9. The van der Waals surface area contributed by atoms with Crippen LogP contribution in [0, 0.1) is 5.82 Å². The van der Waals surface area contributed by atoms with Crippen molar-refractivity contribution in [2.45, 2.75) is 26.2 Å². The third kappa shape index (κ3) is 4.74. The van der Waals surface area contributed by atoms with Crippen molar-refractivity contribution < 1.29 is 23.3 Å². The lowest BCUT2D eigenvalue weighted by Gasteiger charge is -2.25. The standard InChI is InChI=1S/C18H23FNO3P/c1-3-22-24(21,23-4-2)18(16-12-8-9-13-17(16)19)20-14-15-10-6-5-7-11-15/h5-13,18,20H,3-4,14H2,1-2H3/p+1/t18-/m1/s1. The van der Waals surface area contributed by atoms with E-state index in [0.29, 0.717) is 12.1 Å². The molecule has 2 aromatic rings. The first-order valence-corrected chi connectivity index (χ1v) is 9.72. The highest BCUT2D eigenvalue weighted by Crippen LogP contribution is 2.57. The quantitative estimate of drug-likeness (QED) is 0.698. The topological polar surface area (TPSA) is 52.1 Å². The molecule has 4 nitrogen and oxygen atoms in total. The van der Waals surface area contributed by atoms with Crippen LogP contribution in [0.3, 0.4) is 0 Å². The third-order valence-corrected chi connectivity index (χ3v) is 6.01. The Labute approximate surface area is 142 Å². The van der Waals surface area contributed by atoms with Gasteiger partial charge in [-0.1, -0.05) is 42.5 Å². The number of halogens is 1. The van der Waals surface area contributed by atoms with Gasteiger partial charge in [-0.2, -0.15) is 0 Å². The Kier molecular flexibility index (Phi) is 7.13. The molecule has 6 heteroatoms. The molecule has 0 bridgehead atoms. The fraction of sp³-hybridized carbons (Fsp3) is 0.333. The van der Waals surface area contributed by atoms with Crippen molar-refractivity contribution in [2.75, 3.05) is 13.2 Å². The number of benzene rings is 2. The largest absolute Gasteiger partial charge is 0.392 e. The summed E-state index contributed by atoms with van der Waals surface area (Å²) in [6.07, 6.45) is 0. The summed E-state index contributed by atoms with van der Waals surface area (Å²) in [7, 11) is -3.51. The first-order chi connectivity index (χ1) is 11.6. The van der Waals surface area contributed by atoms with E-state index < -0.39 is 19.2 Å². The molecule has 2 N–H and O–H groups in total. The number of hydrogen-bond acceptors (Lipinski definition) is 3. The van der Waals surface area contributed by atoms with Crippen LogP contribution >= 0.6 is 7.60 Å². The van der Waals surface area contributed by atoms with E-state index in [4.69, 9.17) is 9.05 Å². The Balaban J connectivity index is 2.33. The first-order valence-electron chi connectivity index (χ1n) is 8.11. The number of quaternary nitrogens is 1. The molecule has 0 spiro atoms. The zero-order valence-electron chi connectivity index (χ0n) is 14.0. The predicted molar refractivity (Wildman–Crippen MR) is 92.1 cm³/mol. The lowest BCUT2D eigenvalue weighted by atomic mass is 10.2.